The minimum atomic E-state index is -1.37. The van der Waals surface area contributed by atoms with Crippen molar-refractivity contribution in [3.63, 3.8) is 0 Å². The molecule has 0 aliphatic carbocycles. The van der Waals surface area contributed by atoms with E-state index in [4.69, 9.17) is 10.8 Å². The van der Waals surface area contributed by atoms with Crippen molar-refractivity contribution in [2.75, 3.05) is 5.32 Å². The highest BCUT2D eigenvalue weighted by Crippen LogP contribution is 2.12. The topological polar surface area (TPSA) is 134 Å². The molecular formula is C12H16N4O4. The van der Waals surface area contributed by atoms with Crippen LogP contribution >= 0.6 is 0 Å². The zero-order chi connectivity index (χ0) is 15.3. The Kier molecular flexibility index (Phi) is 5.01. The second kappa shape index (κ2) is 6.50. The third-order valence-electron chi connectivity index (χ3n) is 2.48. The van der Waals surface area contributed by atoms with Crippen LogP contribution in [0.2, 0.25) is 0 Å². The smallest absolute Gasteiger partial charge is 0.326 e. The number of nitrogens with one attached hydrogen (secondary N) is 2. The second-order valence-corrected chi connectivity index (χ2v) is 4.25. The molecule has 0 spiro atoms. The number of hydrogen-bond donors (Lipinski definition) is 4. The lowest BCUT2D eigenvalue weighted by molar-refractivity contribution is -0.140. The van der Waals surface area contributed by atoms with Crippen LogP contribution in [0.4, 0.5) is 10.5 Å². The molecule has 1 aromatic heterocycles. The minimum absolute atomic E-state index is 0.455. The third-order valence-corrected chi connectivity index (χ3v) is 2.48. The summed E-state index contributed by atoms with van der Waals surface area (Å²) in [6.45, 7) is 3.52. The Labute approximate surface area is 115 Å². The summed E-state index contributed by atoms with van der Waals surface area (Å²) in [5.74, 6) is -2.15. The van der Waals surface area contributed by atoms with Gasteiger partial charge in [0.05, 0.1) is 17.8 Å². The number of rotatable bonds is 5. The highest BCUT2D eigenvalue weighted by molar-refractivity contribution is 5.94. The monoisotopic (exact) mass is 280 g/mol. The first kappa shape index (κ1) is 15.4. The number of aryl methyl sites for hydroxylation is 2. The van der Waals surface area contributed by atoms with Gasteiger partial charge in [-0.25, -0.2) is 9.59 Å². The van der Waals surface area contributed by atoms with E-state index in [0.717, 1.165) is 5.69 Å². The van der Waals surface area contributed by atoms with Crippen LogP contribution in [0.3, 0.4) is 0 Å². The van der Waals surface area contributed by atoms with Crippen molar-refractivity contribution in [3.8, 4) is 0 Å². The summed E-state index contributed by atoms with van der Waals surface area (Å²) < 4.78 is 0. The number of carbonyl (C=O) groups excluding carboxylic acids is 2. The average Bonchev–Trinajstić information content (AvgIpc) is 2.31. The molecule has 1 rings (SSSR count). The van der Waals surface area contributed by atoms with E-state index in [9.17, 15) is 14.4 Å². The minimum Gasteiger partial charge on any atom is -0.480 e. The fourth-order valence-electron chi connectivity index (χ4n) is 1.54. The first-order valence-electron chi connectivity index (χ1n) is 5.82. The van der Waals surface area contributed by atoms with Crippen LogP contribution < -0.4 is 16.4 Å². The standard InChI is InChI=1S/C12H16N4O4/c1-6-3-4-8(7(2)14-6)15-12(20)16-9(11(18)19)5-10(13)17/h3-4,9H,5H2,1-2H3,(H2,13,17)(H,18,19)(H2,15,16,20). The van der Waals surface area contributed by atoms with Gasteiger partial charge in [0, 0.05) is 5.69 Å². The van der Waals surface area contributed by atoms with Crippen LogP contribution in [0, 0.1) is 13.8 Å². The summed E-state index contributed by atoms with van der Waals surface area (Å²) in [5.41, 5.74) is 6.77. The van der Waals surface area contributed by atoms with Crippen LogP contribution in [0.5, 0.6) is 0 Å². The highest BCUT2D eigenvalue weighted by Gasteiger charge is 2.22. The van der Waals surface area contributed by atoms with Crippen molar-refractivity contribution < 1.29 is 19.5 Å². The Morgan fingerprint density at radius 3 is 2.50 bits per heavy atom. The number of amides is 3. The number of primary amides is 1. The maximum Gasteiger partial charge on any atom is 0.326 e. The van der Waals surface area contributed by atoms with Crippen LogP contribution in [0.25, 0.3) is 0 Å². The number of nitrogens with zero attached hydrogens (tertiary/aromatic N) is 1. The quantitative estimate of drug-likeness (QED) is 0.609. The normalized spacial score (nSPS) is 11.5. The molecule has 8 nitrogen and oxygen atoms in total. The summed E-state index contributed by atoms with van der Waals surface area (Å²) >= 11 is 0. The number of carboxylic acids is 1. The number of carbonyl (C=O) groups is 3. The van der Waals surface area contributed by atoms with Crippen LogP contribution in [-0.4, -0.2) is 34.0 Å². The number of aromatic nitrogens is 1. The molecule has 0 radical (unpaired) electrons. The highest BCUT2D eigenvalue weighted by atomic mass is 16.4. The fourth-order valence-corrected chi connectivity index (χ4v) is 1.54. The van der Waals surface area contributed by atoms with Crippen molar-refractivity contribution in [2.45, 2.75) is 26.3 Å². The first-order chi connectivity index (χ1) is 9.29. The Bertz CT molecular complexity index is 544. The van der Waals surface area contributed by atoms with Gasteiger partial charge in [0.25, 0.3) is 0 Å². The van der Waals surface area contributed by atoms with Gasteiger partial charge in [-0.3, -0.25) is 9.78 Å². The van der Waals surface area contributed by atoms with E-state index in [0.29, 0.717) is 11.4 Å². The zero-order valence-electron chi connectivity index (χ0n) is 11.1. The lowest BCUT2D eigenvalue weighted by Crippen LogP contribution is -2.45. The molecule has 3 amide bonds. The van der Waals surface area contributed by atoms with Gasteiger partial charge in [-0.05, 0) is 26.0 Å². The predicted molar refractivity (Wildman–Crippen MR) is 71.1 cm³/mol. The van der Waals surface area contributed by atoms with E-state index < -0.39 is 30.4 Å². The zero-order valence-corrected chi connectivity index (χ0v) is 11.1. The molecule has 0 aliphatic rings. The summed E-state index contributed by atoms with van der Waals surface area (Å²) in [7, 11) is 0. The molecule has 0 aromatic carbocycles. The summed E-state index contributed by atoms with van der Waals surface area (Å²) in [6.07, 6.45) is -0.478. The number of hydrogen-bond acceptors (Lipinski definition) is 4. The summed E-state index contributed by atoms with van der Waals surface area (Å²) in [5, 5.41) is 13.5. The van der Waals surface area contributed by atoms with E-state index in [1.54, 1.807) is 19.1 Å². The first-order valence-corrected chi connectivity index (χ1v) is 5.82. The van der Waals surface area contributed by atoms with Crippen LogP contribution in [-0.2, 0) is 9.59 Å². The number of pyridine rings is 1. The number of nitrogens with two attached hydrogens (primary N) is 1. The molecule has 8 heteroatoms. The second-order valence-electron chi connectivity index (χ2n) is 4.25. The van der Waals surface area contributed by atoms with Crippen molar-refractivity contribution in [3.05, 3.63) is 23.5 Å². The number of aliphatic carboxylic acids is 1. The maximum atomic E-state index is 11.7. The number of urea groups is 1. The van der Waals surface area contributed by atoms with Gasteiger partial charge in [-0.2, -0.15) is 0 Å². The summed E-state index contributed by atoms with van der Waals surface area (Å²) in [4.78, 5) is 37.4. The molecule has 0 aliphatic heterocycles. The lowest BCUT2D eigenvalue weighted by Gasteiger charge is -2.14. The largest absolute Gasteiger partial charge is 0.480 e. The van der Waals surface area contributed by atoms with Crippen molar-refractivity contribution in [1.82, 2.24) is 10.3 Å². The molecule has 1 heterocycles. The Hall–Kier alpha value is -2.64. The third kappa shape index (κ3) is 4.56. The molecule has 0 saturated heterocycles. The van der Waals surface area contributed by atoms with E-state index in [-0.39, 0.29) is 0 Å². The van der Waals surface area contributed by atoms with Gasteiger partial charge in [-0.15, -0.1) is 0 Å². The van der Waals surface area contributed by atoms with E-state index in [1.807, 2.05) is 6.92 Å². The van der Waals surface area contributed by atoms with Crippen molar-refractivity contribution in [1.29, 1.82) is 0 Å². The maximum absolute atomic E-state index is 11.7. The molecule has 0 saturated carbocycles. The fraction of sp³-hybridized carbons (Fsp3) is 0.333. The van der Waals surface area contributed by atoms with Gasteiger partial charge >= 0.3 is 12.0 Å². The van der Waals surface area contributed by atoms with Gasteiger partial charge in [0.15, 0.2) is 0 Å². The molecule has 0 bridgehead atoms. The molecule has 1 aromatic rings. The van der Waals surface area contributed by atoms with Crippen LogP contribution in [0.1, 0.15) is 17.8 Å². The van der Waals surface area contributed by atoms with Crippen molar-refractivity contribution in [2.24, 2.45) is 5.73 Å². The summed E-state index contributed by atoms with van der Waals surface area (Å²) in [6, 6.07) is 1.25. The Morgan fingerprint density at radius 2 is 2.00 bits per heavy atom. The van der Waals surface area contributed by atoms with Gasteiger partial charge < -0.3 is 21.5 Å². The Morgan fingerprint density at radius 1 is 1.35 bits per heavy atom. The number of carboxylic acid groups (broad SMARTS) is 1. The van der Waals surface area contributed by atoms with Gasteiger partial charge in [0.2, 0.25) is 5.91 Å². The number of anilines is 1. The van der Waals surface area contributed by atoms with Crippen molar-refractivity contribution >= 4 is 23.6 Å². The van der Waals surface area contributed by atoms with E-state index >= 15 is 0 Å². The predicted octanol–water partition coefficient (Wildman–Crippen LogP) is 0.149. The van der Waals surface area contributed by atoms with Crippen LogP contribution in [0.15, 0.2) is 12.1 Å². The lowest BCUT2D eigenvalue weighted by atomic mass is 10.2. The van der Waals surface area contributed by atoms with E-state index in [2.05, 4.69) is 15.6 Å². The average molecular weight is 280 g/mol. The Balaban J connectivity index is 2.70. The molecule has 0 fully saturated rings. The SMILES string of the molecule is Cc1ccc(NC(=O)NC(CC(N)=O)C(=O)O)c(C)n1. The molecule has 5 N–H and O–H groups in total. The van der Waals surface area contributed by atoms with E-state index in [1.165, 1.54) is 0 Å². The molecule has 20 heavy (non-hydrogen) atoms. The molecule has 108 valence electrons. The van der Waals surface area contributed by atoms with Gasteiger partial charge in [-0.1, -0.05) is 0 Å². The molecule has 1 unspecified atom stereocenters. The molecule has 1 atom stereocenters. The van der Waals surface area contributed by atoms with Gasteiger partial charge in [0.1, 0.15) is 6.04 Å². The molecular weight excluding hydrogens is 264 g/mol.